The third kappa shape index (κ3) is 3.21. The highest BCUT2D eigenvalue weighted by atomic mass is 16.3. The van der Waals surface area contributed by atoms with Crippen LogP contribution in [-0.2, 0) is 6.54 Å². The summed E-state index contributed by atoms with van der Waals surface area (Å²) in [5.41, 5.74) is -0.243. The van der Waals surface area contributed by atoms with Gasteiger partial charge >= 0.3 is 0 Å². The van der Waals surface area contributed by atoms with Crippen molar-refractivity contribution >= 4 is 0 Å². The molecule has 0 amide bonds. The molecule has 0 radical (unpaired) electrons. The minimum Gasteiger partial charge on any atom is -0.394 e. The van der Waals surface area contributed by atoms with Crippen molar-refractivity contribution in [2.45, 2.75) is 12.1 Å². The highest BCUT2D eigenvalue weighted by molar-refractivity contribution is 5.03. The number of aromatic nitrogens is 2. The van der Waals surface area contributed by atoms with Crippen LogP contribution in [0.5, 0.6) is 0 Å². The van der Waals surface area contributed by atoms with Crippen molar-refractivity contribution in [2.24, 2.45) is 0 Å². The van der Waals surface area contributed by atoms with Crippen LogP contribution in [0.4, 0.5) is 0 Å². The molecule has 0 atom stereocenters. The van der Waals surface area contributed by atoms with E-state index in [2.05, 4.69) is 15.3 Å². The summed E-state index contributed by atoms with van der Waals surface area (Å²) >= 11 is 0. The molecule has 1 heterocycles. The first-order chi connectivity index (χ1) is 7.26. The molecule has 1 rings (SSSR count). The minimum absolute atomic E-state index is 0.340. The lowest BCUT2D eigenvalue weighted by Gasteiger charge is -2.28. The van der Waals surface area contributed by atoms with Gasteiger partial charge in [0, 0.05) is 24.5 Å². The van der Waals surface area contributed by atoms with Crippen molar-refractivity contribution in [1.82, 2.24) is 15.3 Å². The standard InChI is InChI=1S/C9H15N3O3/c13-4-9(5-14,6-15)12-3-8-1-10-7-11-2-8/h1-2,7,12-15H,3-6H2. The van der Waals surface area contributed by atoms with E-state index in [1.54, 1.807) is 12.4 Å². The molecule has 0 aliphatic heterocycles. The molecule has 6 heteroatoms. The van der Waals surface area contributed by atoms with E-state index in [4.69, 9.17) is 15.3 Å². The summed E-state index contributed by atoms with van der Waals surface area (Å²) in [6.45, 7) is -0.641. The van der Waals surface area contributed by atoms with Crippen LogP contribution in [0, 0.1) is 0 Å². The molecule has 0 spiro atoms. The predicted molar refractivity (Wildman–Crippen MR) is 52.9 cm³/mol. The molecule has 0 aliphatic rings. The van der Waals surface area contributed by atoms with Gasteiger partial charge in [-0.3, -0.25) is 0 Å². The van der Waals surface area contributed by atoms with Gasteiger partial charge in [-0.15, -0.1) is 0 Å². The molecule has 0 bridgehead atoms. The summed E-state index contributed by atoms with van der Waals surface area (Å²) in [4.78, 5) is 7.65. The second kappa shape index (κ2) is 5.72. The zero-order chi connectivity index (χ0) is 11.1. The Labute approximate surface area is 87.6 Å². The molecule has 0 aromatic carbocycles. The fourth-order valence-electron chi connectivity index (χ4n) is 1.03. The molecular formula is C9H15N3O3. The summed E-state index contributed by atoms with van der Waals surface area (Å²) in [6.07, 6.45) is 4.66. The molecule has 4 N–H and O–H groups in total. The quantitative estimate of drug-likeness (QED) is 0.449. The maximum atomic E-state index is 9.04. The number of aliphatic hydroxyl groups is 3. The lowest BCUT2D eigenvalue weighted by atomic mass is 10.0. The van der Waals surface area contributed by atoms with Crippen LogP contribution < -0.4 is 5.32 Å². The van der Waals surface area contributed by atoms with E-state index >= 15 is 0 Å². The normalized spacial score (nSPS) is 11.7. The highest BCUT2D eigenvalue weighted by Crippen LogP contribution is 2.03. The predicted octanol–water partition coefficient (Wildman–Crippen LogP) is -1.72. The fourth-order valence-corrected chi connectivity index (χ4v) is 1.03. The lowest BCUT2D eigenvalue weighted by Crippen LogP contribution is -2.54. The van der Waals surface area contributed by atoms with Gasteiger partial charge in [-0.2, -0.15) is 0 Å². The Morgan fingerprint density at radius 3 is 2.07 bits per heavy atom. The number of nitrogens with zero attached hydrogens (tertiary/aromatic N) is 2. The molecule has 0 saturated heterocycles. The number of rotatable bonds is 6. The maximum absolute atomic E-state index is 9.04. The summed E-state index contributed by atoms with van der Waals surface area (Å²) in [5, 5.41) is 30.0. The van der Waals surface area contributed by atoms with E-state index in [0.717, 1.165) is 5.56 Å². The van der Waals surface area contributed by atoms with Gasteiger partial charge in [0.15, 0.2) is 0 Å². The summed E-state index contributed by atoms with van der Waals surface area (Å²) in [5.74, 6) is 0. The monoisotopic (exact) mass is 213 g/mol. The number of nitrogens with one attached hydrogen (secondary N) is 1. The van der Waals surface area contributed by atoms with Crippen LogP contribution >= 0.6 is 0 Å². The van der Waals surface area contributed by atoms with Crippen LogP contribution in [-0.4, -0.2) is 50.6 Å². The first-order valence-corrected chi connectivity index (χ1v) is 4.58. The van der Waals surface area contributed by atoms with E-state index in [-0.39, 0.29) is 19.8 Å². The van der Waals surface area contributed by atoms with Crippen LogP contribution in [0.2, 0.25) is 0 Å². The van der Waals surface area contributed by atoms with Crippen LogP contribution in [0.25, 0.3) is 0 Å². The smallest absolute Gasteiger partial charge is 0.115 e. The summed E-state index contributed by atoms with van der Waals surface area (Å²) in [7, 11) is 0. The van der Waals surface area contributed by atoms with Gasteiger partial charge in [-0.1, -0.05) is 0 Å². The average Bonchev–Trinajstić information content (AvgIpc) is 2.33. The average molecular weight is 213 g/mol. The molecule has 1 aromatic rings. The Morgan fingerprint density at radius 1 is 1.07 bits per heavy atom. The van der Waals surface area contributed by atoms with Crippen molar-refractivity contribution in [3.8, 4) is 0 Å². The van der Waals surface area contributed by atoms with Crippen LogP contribution in [0.15, 0.2) is 18.7 Å². The van der Waals surface area contributed by atoms with Gasteiger partial charge < -0.3 is 20.6 Å². The first kappa shape index (κ1) is 12.0. The highest BCUT2D eigenvalue weighted by Gasteiger charge is 2.26. The molecule has 0 fully saturated rings. The zero-order valence-corrected chi connectivity index (χ0v) is 8.30. The van der Waals surface area contributed by atoms with Gasteiger partial charge in [0.25, 0.3) is 0 Å². The SMILES string of the molecule is OCC(CO)(CO)NCc1cncnc1. The molecular weight excluding hydrogens is 198 g/mol. The fraction of sp³-hybridized carbons (Fsp3) is 0.556. The molecule has 6 nitrogen and oxygen atoms in total. The largest absolute Gasteiger partial charge is 0.394 e. The van der Waals surface area contributed by atoms with Crippen molar-refractivity contribution in [3.05, 3.63) is 24.3 Å². The van der Waals surface area contributed by atoms with E-state index in [9.17, 15) is 0 Å². The first-order valence-electron chi connectivity index (χ1n) is 4.58. The van der Waals surface area contributed by atoms with Gasteiger partial charge in [0.05, 0.1) is 25.4 Å². The third-order valence-electron chi connectivity index (χ3n) is 2.19. The van der Waals surface area contributed by atoms with Crippen LogP contribution in [0.3, 0.4) is 0 Å². The van der Waals surface area contributed by atoms with E-state index in [1.165, 1.54) is 6.33 Å². The second-order valence-corrected chi connectivity index (χ2v) is 3.35. The zero-order valence-electron chi connectivity index (χ0n) is 8.30. The van der Waals surface area contributed by atoms with Crippen molar-refractivity contribution in [2.75, 3.05) is 19.8 Å². The molecule has 0 saturated carbocycles. The van der Waals surface area contributed by atoms with Gasteiger partial charge in [-0.25, -0.2) is 9.97 Å². The van der Waals surface area contributed by atoms with E-state index in [1.807, 2.05) is 0 Å². The van der Waals surface area contributed by atoms with Gasteiger partial charge in [0.1, 0.15) is 6.33 Å². The summed E-state index contributed by atoms with van der Waals surface area (Å²) < 4.78 is 0. The topological polar surface area (TPSA) is 98.5 Å². The Morgan fingerprint density at radius 2 is 1.60 bits per heavy atom. The van der Waals surface area contributed by atoms with Crippen molar-refractivity contribution in [1.29, 1.82) is 0 Å². The second-order valence-electron chi connectivity index (χ2n) is 3.35. The number of hydrogen-bond acceptors (Lipinski definition) is 6. The third-order valence-corrected chi connectivity index (χ3v) is 2.19. The van der Waals surface area contributed by atoms with E-state index in [0.29, 0.717) is 6.54 Å². The Balaban J connectivity index is 2.54. The van der Waals surface area contributed by atoms with Gasteiger partial charge in [0.2, 0.25) is 0 Å². The Kier molecular flexibility index (Phi) is 4.57. The number of aliphatic hydroxyl groups excluding tert-OH is 3. The summed E-state index contributed by atoms with van der Waals surface area (Å²) in [6, 6.07) is 0. The Bertz CT molecular complexity index is 269. The van der Waals surface area contributed by atoms with Gasteiger partial charge in [-0.05, 0) is 0 Å². The van der Waals surface area contributed by atoms with Crippen molar-refractivity contribution < 1.29 is 15.3 Å². The minimum atomic E-state index is -1.06. The molecule has 0 aliphatic carbocycles. The molecule has 15 heavy (non-hydrogen) atoms. The molecule has 0 unspecified atom stereocenters. The molecule has 84 valence electrons. The number of hydrogen-bond donors (Lipinski definition) is 4. The lowest BCUT2D eigenvalue weighted by molar-refractivity contribution is 0.0413. The Hall–Kier alpha value is -1.08. The van der Waals surface area contributed by atoms with Crippen LogP contribution in [0.1, 0.15) is 5.56 Å². The maximum Gasteiger partial charge on any atom is 0.115 e. The van der Waals surface area contributed by atoms with E-state index < -0.39 is 5.54 Å². The molecule has 1 aromatic heterocycles. The van der Waals surface area contributed by atoms with Crippen molar-refractivity contribution in [3.63, 3.8) is 0 Å².